The molecule has 5 heteroatoms. The Kier molecular flexibility index (Phi) is 5.84. The van der Waals surface area contributed by atoms with Crippen molar-refractivity contribution >= 4 is 24.0 Å². The number of hydrogen-bond acceptors (Lipinski definition) is 3. The summed E-state index contributed by atoms with van der Waals surface area (Å²) in [6, 6.07) is 5.34. The molecule has 4 nitrogen and oxygen atoms in total. The number of amides is 1. The van der Waals surface area contributed by atoms with Gasteiger partial charge in [0.2, 0.25) is 5.91 Å². The molecule has 0 bridgehead atoms. The van der Waals surface area contributed by atoms with Crippen LogP contribution in [0.15, 0.2) is 18.2 Å². The van der Waals surface area contributed by atoms with E-state index in [1.807, 2.05) is 26.0 Å². The number of phenolic OH excluding ortho intramolecular Hbond substituents is 1. The largest absolute Gasteiger partial charge is 0.506 e. The molecule has 0 radical (unpaired) electrons. The summed E-state index contributed by atoms with van der Waals surface area (Å²) in [6.07, 6.45) is 3.50. The minimum absolute atomic E-state index is 0. The van der Waals surface area contributed by atoms with Gasteiger partial charge in [-0.1, -0.05) is 19.9 Å². The van der Waals surface area contributed by atoms with Gasteiger partial charge in [0.15, 0.2) is 0 Å². The highest BCUT2D eigenvalue weighted by Gasteiger charge is 2.39. The fraction of sp³-hybridized carbons (Fsp3) is 0.533. The highest BCUT2D eigenvalue weighted by molar-refractivity contribution is 5.99. The predicted octanol–water partition coefficient (Wildman–Crippen LogP) is 2.85. The van der Waals surface area contributed by atoms with E-state index in [4.69, 9.17) is 0 Å². The Hall–Kier alpha value is -1.26. The van der Waals surface area contributed by atoms with Gasteiger partial charge >= 0.3 is 0 Å². The summed E-state index contributed by atoms with van der Waals surface area (Å²) in [5, 5.41) is 16.0. The fourth-order valence-electron chi connectivity index (χ4n) is 2.61. The molecule has 0 spiro atoms. The van der Waals surface area contributed by atoms with Gasteiger partial charge in [-0.05, 0) is 49.9 Å². The van der Waals surface area contributed by atoms with Crippen LogP contribution in [0.4, 0.5) is 5.69 Å². The molecule has 112 valence electrons. The normalized spacial score (nSPS) is 21.3. The second-order valence-electron chi connectivity index (χ2n) is 5.13. The monoisotopic (exact) mass is 298 g/mol. The number of hydrogen-bond donors (Lipinski definition) is 3. The lowest BCUT2D eigenvalue weighted by Gasteiger charge is -2.27. The Morgan fingerprint density at radius 3 is 2.75 bits per heavy atom. The molecule has 1 saturated heterocycles. The number of rotatable bonds is 4. The molecule has 1 amide bonds. The first kappa shape index (κ1) is 16.8. The van der Waals surface area contributed by atoms with E-state index in [0.29, 0.717) is 5.69 Å². The van der Waals surface area contributed by atoms with Crippen LogP contribution in [0, 0.1) is 0 Å². The smallest absolute Gasteiger partial charge is 0.244 e. The van der Waals surface area contributed by atoms with Crippen molar-refractivity contribution in [2.24, 2.45) is 0 Å². The molecular formula is C15H23ClN2O2. The zero-order chi connectivity index (χ0) is 13.9. The van der Waals surface area contributed by atoms with Crippen LogP contribution in [0.2, 0.25) is 0 Å². The van der Waals surface area contributed by atoms with Gasteiger partial charge in [0, 0.05) is 0 Å². The highest BCUT2D eigenvalue weighted by atomic mass is 35.5. The molecule has 0 aliphatic carbocycles. The molecular weight excluding hydrogens is 276 g/mol. The zero-order valence-electron chi connectivity index (χ0n) is 12.0. The average Bonchev–Trinajstić information content (AvgIpc) is 2.91. The molecule has 1 unspecified atom stereocenters. The summed E-state index contributed by atoms with van der Waals surface area (Å²) in [6.45, 7) is 4.94. The maximum absolute atomic E-state index is 12.4. The molecule has 1 fully saturated rings. The Balaban J connectivity index is 0.00000200. The number of benzene rings is 1. The zero-order valence-corrected chi connectivity index (χ0v) is 12.8. The van der Waals surface area contributed by atoms with Gasteiger partial charge in [-0.2, -0.15) is 0 Å². The van der Waals surface area contributed by atoms with Crippen LogP contribution < -0.4 is 10.6 Å². The molecule has 1 aliphatic rings. The number of halogens is 1. The lowest BCUT2D eigenvalue weighted by atomic mass is 9.93. The molecule has 0 aromatic heterocycles. The summed E-state index contributed by atoms with van der Waals surface area (Å²) < 4.78 is 0. The molecule has 1 aromatic rings. The van der Waals surface area contributed by atoms with Crippen molar-refractivity contribution in [3.8, 4) is 5.75 Å². The number of carbonyl (C=O) groups excluding carboxylic acids is 1. The molecule has 0 saturated carbocycles. The van der Waals surface area contributed by atoms with Crippen molar-refractivity contribution in [2.75, 3.05) is 11.9 Å². The molecule has 1 aliphatic heterocycles. The second-order valence-corrected chi connectivity index (χ2v) is 5.13. The Labute approximate surface area is 126 Å². The lowest BCUT2D eigenvalue weighted by molar-refractivity contribution is -0.122. The van der Waals surface area contributed by atoms with Gasteiger partial charge in [-0.25, -0.2) is 0 Å². The van der Waals surface area contributed by atoms with E-state index < -0.39 is 5.54 Å². The van der Waals surface area contributed by atoms with Crippen LogP contribution in [0.1, 0.15) is 38.7 Å². The Morgan fingerprint density at radius 2 is 2.20 bits per heavy atom. The molecule has 3 N–H and O–H groups in total. The van der Waals surface area contributed by atoms with Gasteiger partial charge in [0.25, 0.3) is 0 Å². The van der Waals surface area contributed by atoms with Crippen molar-refractivity contribution < 1.29 is 9.90 Å². The van der Waals surface area contributed by atoms with Crippen LogP contribution in [0.3, 0.4) is 0 Å². The van der Waals surface area contributed by atoms with E-state index in [1.165, 1.54) is 0 Å². The van der Waals surface area contributed by atoms with Crippen molar-refractivity contribution in [3.05, 3.63) is 23.8 Å². The summed E-state index contributed by atoms with van der Waals surface area (Å²) >= 11 is 0. The third-order valence-electron chi connectivity index (χ3n) is 4.00. The first-order valence-corrected chi connectivity index (χ1v) is 6.99. The van der Waals surface area contributed by atoms with Crippen molar-refractivity contribution in [1.82, 2.24) is 5.32 Å². The average molecular weight is 299 g/mol. The van der Waals surface area contributed by atoms with Gasteiger partial charge < -0.3 is 15.7 Å². The predicted molar refractivity (Wildman–Crippen MR) is 83.6 cm³/mol. The summed E-state index contributed by atoms with van der Waals surface area (Å²) in [5.74, 6) is 0.0749. The minimum atomic E-state index is -0.478. The van der Waals surface area contributed by atoms with Gasteiger partial charge in [-0.3, -0.25) is 4.79 Å². The van der Waals surface area contributed by atoms with Gasteiger partial charge in [0.1, 0.15) is 5.75 Å². The highest BCUT2D eigenvalue weighted by Crippen LogP contribution is 2.29. The number of phenols is 1. The van der Waals surface area contributed by atoms with Crippen LogP contribution in [0.25, 0.3) is 0 Å². The lowest BCUT2D eigenvalue weighted by Crippen LogP contribution is -2.50. The number of carbonyl (C=O) groups is 1. The first-order chi connectivity index (χ1) is 9.11. The van der Waals surface area contributed by atoms with E-state index in [2.05, 4.69) is 10.6 Å². The van der Waals surface area contributed by atoms with Gasteiger partial charge in [-0.15, -0.1) is 12.4 Å². The standard InChI is InChI=1S/C15H22N2O2.ClH/c1-3-11-6-7-13(18)12(10-11)17-14(19)15(4-2)8-5-9-16-15;/h6-7,10,16,18H,3-5,8-9H2,1-2H3,(H,17,19);1H. The maximum Gasteiger partial charge on any atom is 0.244 e. The molecule has 1 aromatic carbocycles. The SMILES string of the molecule is CCc1ccc(O)c(NC(=O)C2(CC)CCCN2)c1.Cl. The molecule has 1 atom stereocenters. The van der Waals surface area contributed by atoms with Gasteiger partial charge in [0.05, 0.1) is 11.2 Å². The number of nitrogens with one attached hydrogen (secondary N) is 2. The number of aryl methyl sites for hydroxylation is 1. The first-order valence-electron chi connectivity index (χ1n) is 6.99. The molecule has 1 heterocycles. The minimum Gasteiger partial charge on any atom is -0.506 e. The number of anilines is 1. The molecule has 2 rings (SSSR count). The number of aromatic hydroxyl groups is 1. The fourth-order valence-corrected chi connectivity index (χ4v) is 2.61. The Bertz CT molecular complexity index is 471. The van der Waals surface area contributed by atoms with Crippen molar-refractivity contribution in [3.63, 3.8) is 0 Å². The maximum atomic E-state index is 12.4. The van der Waals surface area contributed by atoms with Crippen LogP contribution in [0.5, 0.6) is 5.75 Å². The van der Waals surface area contributed by atoms with E-state index in [1.54, 1.807) is 6.07 Å². The van der Waals surface area contributed by atoms with Crippen molar-refractivity contribution in [1.29, 1.82) is 0 Å². The van der Waals surface area contributed by atoms with Crippen LogP contribution in [-0.2, 0) is 11.2 Å². The van der Waals surface area contributed by atoms with E-state index >= 15 is 0 Å². The topological polar surface area (TPSA) is 61.4 Å². The third kappa shape index (κ3) is 3.25. The molecule has 20 heavy (non-hydrogen) atoms. The summed E-state index contributed by atoms with van der Waals surface area (Å²) in [4.78, 5) is 12.4. The summed E-state index contributed by atoms with van der Waals surface area (Å²) in [5.41, 5.74) is 1.12. The van der Waals surface area contributed by atoms with E-state index in [0.717, 1.165) is 37.8 Å². The van der Waals surface area contributed by atoms with Crippen LogP contribution >= 0.6 is 12.4 Å². The summed E-state index contributed by atoms with van der Waals surface area (Å²) in [7, 11) is 0. The van der Waals surface area contributed by atoms with Crippen molar-refractivity contribution in [2.45, 2.75) is 45.1 Å². The van der Waals surface area contributed by atoms with Crippen LogP contribution in [-0.4, -0.2) is 23.1 Å². The Morgan fingerprint density at radius 1 is 1.45 bits per heavy atom. The van der Waals surface area contributed by atoms with E-state index in [-0.39, 0.29) is 24.1 Å². The third-order valence-corrected chi connectivity index (χ3v) is 4.00. The van der Waals surface area contributed by atoms with E-state index in [9.17, 15) is 9.90 Å². The second kappa shape index (κ2) is 6.95. The quantitative estimate of drug-likeness (QED) is 0.749.